The Morgan fingerprint density at radius 2 is 1.95 bits per heavy atom. The van der Waals surface area contributed by atoms with E-state index in [9.17, 15) is 9.18 Å². The molecule has 4 heteroatoms. The van der Waals surface area contributed by atoms with E-state index >= 15 is 0 Å². The molecule has 0 saturated heterocycles. The van der Waals surface area contributed by atoms with Crippen molar-refractivity contribution >= 4 is 12.0 Å². The highest BCUT2D eigenvalue weighted by molar-refractivity contribution is 5.85. The number of aryl methyl sites for hydroxylation is 1. The third-order valence-corrected chi connectivity index (χ3v) is 2.89. The van der Waals surface area contributed by atoms with Gasteiger partial charge in [-0.05, 0) is 42.8 Å². The average Bonchev–Trinajstić information content (AvgIpc) is 2.46. The van der Waals surface area contributed by atoms with Gasteiger partial charge in [0.1, 0.15) is 18.2 Å². The minimum absolute atomic E-state index is 0.224. The van der Waals surface area contributed by atoms with Crippen LogP contribution >= 0.6 is 0 Å². The largest absolute Gasteiger partial charge is 0.489 e. The molecule has 0 amide bonds. The second-order valence-electron chi connectivity index (χ2n) is 4.63. The number of benzene rings is 2. The van der Waals surface area contributed by atoms with E-state index in [0.717, 1.165) is 23.0 Å². The Morgan fingerprint density at radius 3 is 2.62 bits per heavy atom. The lowest BCUT2D eigenvalue weighted by Crippen LogP contribution is -1.97. The summed E-state index contributed by atoms with van der Waals surface area (Å²) in [4.78, 5) is 10.5. The highest BCUT2D eigenvalue weighted by atomic mass is 19.1. The fourth-order valence-electron chi connectivity index (χ4n) is 1.77. The molecule has 0 aromatic heterocycles. The first kappa shape index (κ1) is 14.8. The molecule has 2 aromatic rings. The van der Waals surface area contributed by atoms with Gasteiger partial charge in [-0.25, -0.2) is 9.18 Å². The summed E-state index contributed by atoms with van der Waals surface area (Å²) in [6.07, 6.45) is 2.13. The molecule has 0 radical (unpaired) electrons. The first-order valence-electron chi connectivity index (χ1n) is 6.43. The summed E-state index contributed by atoms with van der Waals surface area (Å²) in [5, 5.41) is 8.58. The Morgan fingerprint density at radius 1 is 1.24 bits per heavy atom. The van der Waals surface area contributed by atoms with E-state index in [0.29, 0.717) is 0 Å². The van der Waals surface area contributed by atoms with Gasteiger partial charge in [-0.15, -0.1) is 0 Å². The lowest BCUT2D eigenvalue weighted by atomic mass is 10.1. The molecule has 0 aliphatic rings. The van der Waals surface area contributed by atoms with Crippen molar-refractivity contribution in [2.75, 3.05) is 0 Å². The third-order valence-electron chi connectivity index (χ3n) is 2.89. The van der Waals surface area contributed by atoms with Gasteiger partial charge >= 0.3 is 5.97 Å². The molecule has 108 valence electrons. The molecular formula is C17H15FO3. The number of carboxylic acid groups (broad SMARTS) is 1. The summed E-state index contributed by atoms with van der Waals surface area (Å²) in [5.41, 5.74) is 2.13. The fraction of sp³-hybridized carbons (Fsp3) is 0.118. The van der Waals surface area contributed by atoms with Crippen molar-refractivity contribution in [2.45, 2.75) is 13.5 Å². The highest BCUT2D eigenvalue weighted by Crippen LogP contribution is 2.16. The molecule has 0 atom stereocenters. The van der Waals surface area contributed by atoms with Crippen LogP contribution in [0.4, 0.5) is 4.39 Å². The number of carbonyl (C=O) groups is 1. The van der Waals surface area contributed by atoms with Crippen molar-refractivity contribution in [1.82, 2.24) is 0 Å². The molecule has 3 nitrogen and oxygen atoms in total. The molecule has 2 rings (SSSR count). The van der Waals surface area contributed by atoms with Gasteiger partial charge in [0.05, 0.1) is 0 Å². The molecule has 0 heterocycles. The molecule has 0 unspecified atom stereocenters. The predicted octanol–water partition coefficient (Wildman–Crippen LogP) is 3.81. The average molecular weight is 286 g/mol. The quantitative estimate of drug-likeness (QED) is 0.850. The number of hydrogen-bond donors (Lipinski definition) is 1. The Labute approximate surface area is 122 Å². The normalized spacial score (nSPS) is 10.8. The van der Waals surface area contributed by atoms with Crippen molar-refractivity contribution in [3.63, 3.8) is 0 Å². The molecule has 0 saturated carbocycles. The second kappa shape index (κ2) is 6.70. The van der Waals surface area contributed by atoms with Crippen molar-refractivity contribution in [3.05, 3.63) is 71.0 Å². The molecule has 2 aromatic carbocycles. The maximum Gasteiger partial charge on any atom is 0.328 e. The van der Waals surface area contributed by atoms with Crippen LogP contribution < -0.4 is 4.74 Å². The zero-order valence-corrected chi connectivity index (χ0v) is 11.5. The Hall–Kier alpha value is -2.62. The standard InChI is InChI=1S/C17H15FO3/c1-12-2-6-15(7-3-12)21-11-13-4-8-16(18)14(10-13)5-9-17(19)20/h2-10H,11H2,1H3,(H,19,20). The van der Waals surface area contributed by atoms with Crippen LogP contribution in [0.25, 0.3) is 6.08 Å². The summed E-state index contributed by atoms with van der Waals surface area (Å²) >= 11 is 0. The zero-order valence-electron chi connectivity index (χ0n) is 11.5. The molecule has 1 N–H and O–H groups in total. The highest BCUT2D eigenvalue weighted by Gasteiger charge is 2.03. The summed E-state index contributed by atoms with van der Waals surface area (Å²) in [6, 6.07) is 12.1. The van der Waals surface area contributed by atoms with E-state index in [4.69, 9.17) is 9.84 Å². The number of aliphatic carboxylic acids is 1. The number of halogens is 1. The van der Waals surface area contributed by atoms with Crippen LogP contribution in [-0.2, 0) is 11.4 Å². The SMILES string of the molecule is Cc1ccc(OCc2ccc(F)c(C=CC(=O)O)c2)cc1. The lowest BCUT2D eigenvalue weighted by molar-refractivity contribution is -0.131. The molecule has 0 aliphatic carbocycles. The van der Waals surface area contributed by atoms with Gasteiger partial charge in [-0.2, -0.15) is 0 Å². The number of ether oxygens (including phenoxy) is 1. The monoisotopic (exact) mass is 286 g/mol. The Balaban J connectivity index is 2.08. The summed E-state index contributed by atoms with van der Waals surface area (Å²) in [7, 11) is 0. The maximum absolute atomic E-state index is 13.5. The van der Waals surface area contributed by atoms with E-state index < -0.39 is 11.8 Å². The summed E-state index contributed by atoms with van der Waals surface area (Å²) in [6.45, 7) is 2.28. The van der Waals surface area contributed by atoms with Gasteiger partial charge in [-0.3, -0.25) is 0 Å². The van der Waals surface area contributed by atoms with E-state index in [2.05, 4.69) is 0 Å². The molecule has 0 spiro atoms. The van der Waals surface area contributed by atoms with Crippen molar-refractivity contribution in [2.24, 2.45) is 0 Å². The van der Waals surface area contributed by atoms with E-state index in [-0.39, 0.29) is 12.2 Å². The van der Waals surface area contributed by atoms with Crippen LogP contribution in [0.1, 0.15) is 16.7 Å². The zero-order chi connectivity index (χ0) is 15.2. The topological polar surface area (TPSA) is 46.5 Å². The minimum Gasteiger partial charge on any atom is -0.489 e. The van der Waals surface area contributed by atoms with Crippen LogP contribution in [-0.4, -0.2) is 11.1 Å². The van der Waals surface area contributed by atoms with Crippen molar-refractivity contribution in [1.29, 1.82) is 0 Å². The first-order chi connectivity index (χ1) is 10.0. The molecule has 0 fully saturated rings. The fourth-order valence-corrected chi connectivity index (χ4v) is 1.77. The van der Waals surface area contributed by atoms with Gasteiger partial charge < -0.3 is 9.84 Å². The molecule has 0 bridgehead atoms. The van der Waals surface area contributed by atoms with Crippen molar-refractivity contribution < 1.29 is 19.0 Å². The van der Waals surface area contributed by atoms with Gasteiger partial charge in [0.2, 0.25) is 0 Å². The van der Waals surface area contributed by atoms with Crippen LogP contribution in [0.2, 0.25) is 0 Å². The molecule has 21 heavy (non-hydrogen) atoms. The van der Waals surface area contributed by atoms with Gasteiger partial charge in [-0.1, -0.05) is 23.8 Å². The number of hydrogen-bond acceptors (Lipinski definition) is 2. The Kier molecular flexibility index (Phi) is 4.72. The van der Waals surface area contributed by atoms with Gasteiger partial charge in [0.25, 0.3) is 0 Å². The summed E-state index contributed by atoms with van der Waals surface area (Å²) in [5.74, 6) is -0.852. The number of carboxylic acids is 1. The minimum atomic E-state index is -1.12. The lowest BCUT2D eigenvalue weighted by Gasteiger charge is -2.07. The van der Waals surface area contributed by atoms with E-state index in [1.807, 2.05) is 31.2 Å². The maximum atomic E-state index is 13.5. The van der Waals surface area contributed by atoms with Crippen LogP contribution in [0.5, 0.6) is 5.75 Å². The second-order valence-corrected chi connectivity index (χ2v) is 4.63. The van der Waals surface area contributed by atoms with Gasteiger partial charge in [0.15, 0.2) is 0 Å². The van der Waals surface area contributed by atoms with Crippen LogP contribution in [0, 0.1) is 12.7 Å². The number of rotatable bonds is 5. The van der Waals surface area contributed by atoms with E-state index in [1.54, 1.807) is 12.1 Å². The van der Waals surface area contributed by atoms with Crippen LogP contribution in [0.15, 0.2) is 48.5 Å². The van der Waals surface area contributed by atoms with Crippen LogP contribution in [0.3, 0.4) is 0 Å². The molecular weight excluding hydrogens is 271 g/mol. The van der Waals surface area contributed by atoms with Gasteiger partial charge in [0, 0.05) is 11.6 Å². The molecule has 0 aliphatic heterocycles. The summed E-state index contributed by atoms with van der Waals surface area (Å²) < 4.78 is 19.1. The Bertz CT molecular complexity index is 660. The smallest absolute Gasteiger partial charge is 0.328 e. The third kappa shape index (κ3) is 4.45. The van der Waals surface area contributed by atoms with E-state index in [1.165, 1.54) is 12.1 Å². The first-order valence-corrected chi connectivity index (χ1v) is 6.43. The van der Waals surface area contributed by atoms with Crippen molar-refractivity contribution in [3.8, 4) is 5.75 Å². The predicted molar refractivity (Wildman–Crippen MR) is 78.6 cm³/mol.